The van der Waals surface area contributed by atoms with Crippen molar-refractivity contribution in [2.75, 3.05) is 0 Å². The van der Waals surface area contributed by atoms with Gasteiger partial charge in [0.1, 0.15) is 5.75 Å². The molecule has 15 heavy (non-hydrogen) atoms. The fourth-order valence-electron chi connectivity index (χ4n) is 0.986. The number of aryl methyl sites for hydroxylation is 1. The van der Waals surface area contributed by atoms with Crippen LogP contribution in [0.5, 0.6) is 5.75 Å². The molecule has 1 atom stereocenters. The quantitative estimate of drug-likeness (QED) is 0.840. The number of ether oxygens (including phenoxy) is 1. The molecule has 1 aromatic carbocycles. The number of carbonyl (C=O) groups is 1. The van der Waals surface area contributed by atoms with Gasteiger partial charge in [-0.15, -0.1) is 0 Å². The Hall–Kier alpha value is 0.416. The molecule has 0 saturated carbocycles. The van der Waals surface area contributed by atoms with Crippen molar-refractivity contribution in [2.24, 2.45) is 0 Å². The van der Waals surface area contributed by atoms with Gasteiger partial charge in [-0.1, -0.05) is 11.6 Å². The van der Waals surface area contributed by atoms with E-state index < -0.39 is 12.1 Å². The number of carboxylic acid groups (broad SMARTS) is 1. The molecule has 0 bridgehead atoms. The van der Waals surface area contributed by atoms with E-state index in [4.69, 9.17) is 21.4 Å². The molecule has 1 N–H and O–H groups in total. The van der Waals surface area contributed by atoms with Gasteiger partial charge < -0.3 is 9.84 Å². The Kier molecular flexibility index (Phi) is 7.07. The topological polar surface area (TPSA) is 46.5 Å². The molecular weight excluding hydrogens is 243 g/mol. The first-order chi connectivity index (χ1) is 6.50. The second kappa shape index (κ2) is 6.88. The second-order valence-corrected chi connectivity index (χ2v) is 3.44. The average molecular weight is 254 g/mol. The number of rotatable bonds is 3. The van der Waals surface area contributed by atoms with Crippen LogP contribution in [0.2, 0.25) is 5.02 Å². The molecule has 0 spiro atoms. The monoisotopic (exact) mass is 253 g/mol. The van der Waals surface area contributed by atoms with Crippen LogP contribution in [0.4, 0.5) is 0 Å². The number of halogens is 1. The van der Waals surface area contributed by atoms with Crippen molar-refractivity contribution in [2.45, 2.75) is 20.0 Å². The Morgan fingerprint density at radius 2 is 2.13 bits per heavy atom. The van der Waals surface area contributed by atoms with Crippen LogP contribution in [0, 0.1) is 6.92 Å². The average Bonchev–Trinajstić information content (AvgIpc) is 2.09. The maximum absolute atomic E-state index is 10.5. The first-order valence-electron chi connectivity index (χ1n) is 4.16. The molecule has 1 radical (unpaired) electrons. The minimum Gasteiger partial charge on any atom is -0.479 e. The first-order valence-corrected chi connectivity index (χ1v) is 4.54. The van der Waals surface area contributed by atoms with Crippen LogP contribution in [0.25, 0.3) is 0 Å². The molecule has 3 nitrogen and oxygen atoms in total. The van der Waals surface area contributed by atoms with Gasteiger partial charge in [0.2, 0.25) is 0 Å². The van der Waals surface area contributed by atoms with Gasteiger partial charge in [0, 0.05) is 56.4 Å². The number of hydrogen-bond acceptors (Lipinski definition) is 2. The number of carboxylic acids is 1. The molecule has 1 rings (SSSR count). The zero-order valence-corrected chi connectivity index (χ0v) is 12.8. The van der Waals surface area contributed by atoms with E-state index in [1.54, 1.807) is 18.2 Å². The fourth-order valence-corrected chi connectivity index (χ4v) is 1.21. The summed E-state index contributed by atoms with van der Waals surface area (Å²) in [5, 5.41) is 9.25. The molecule has 0 saturated heterocycles. The van der Waals surface area contributed by atoms with Gasteiger partial charge in [-0.2, -0.15) is 0 Å². The predicted molar refractivity (Wildman–Crippen MR) is 59.7 cm³/mol. The number of aliphatic carboxylic acids is 1. The van der Waals surface area contributed by atoms with Crippen molar-refractivity contribution >= 4 is 69.0 Å². The summed E-state index contributed by atoms with van der Waals surface area (Å²) in [4.78, 5) is 10.5. The summed E-state index contributed by atoms with van der Waals surface area (Å²) in [5.41, 5.74) is 0.825. The van der Waals surface area contributed by atoms with Crippen LogP contribution in [0.1, 0.15) is 12.5 Å². The van der Waals surface area contributed by atoms with Crippen LogP contribution in [0.15, 0.2) is 18.2 Å². The van der Waals surface area contributed by atoms with Crippen molar-refractivity contribution in [3.05, 3.63) is 28.8 Å². The Labute approximate surface area is 136 Å². The molecule has 0 heterocycles. The number of benzene rings is 1. The second-order valence-electron chi connectivity index (χ2n) is 3.01. The summed E-state index contributed by atoms with van der Waals surface area (Å²) in [5.74, 6) is -0.441. The molecular formula is C10H11ClKO3. The van der Waals surface area contributed by atoms with Gasteiger partial charge in [-0.25, -0.2) is 4.79 Å². The van der Waals surface area contributed by atoms with Crippen molar-refractivity contribution in [3.63, 3.8) is 0 Å². The van der Waals surface area contributed by atoms with Gasteiger partial charge in [0.25, 0.3) is 0 Å². The normalized spacial score (nSPS) is 11.4. The molecule has 0 amide bonds. The van der Waals surface area contributed by atoms with E-state index in [1.165, 1.54) is 6.92 Å². The van der Waals surface area contributed by atoms with Gasteiger partial charge in [0.15, 0.2) is 6.10 Å². The van der Waals surface area contributed by atoms with Crippen LogP contribution in [0.3, 0.4) is 0 Å². The third-order valence-electron chi connectivity index (χ3n) is 1.79. The van der Waals surface area contributed by atoms with Gasteiger partial charge in [0.05, 0.1) is 0 Å². The maximum atomic E-state index is 10.5. The van der Waals surface area contributed by atoms with Crippen LogP contribution < -0.4 is 4.74 Å². The van der Waals surface area contributed by atoms with Crippen molar-refractivity contribution in [1.82, 2.24) is 0 Å². The maximum Gasteiger partial charge on any atom is 0.344 e. The van der Waals surface area contributed by atoms with Crippen molar-refractivity contribution in [3.8, 4) is 5.75 Å². The van der Waals surface area contributed by atoms with E-state index in [-0.39, 0.29) is 51.4 Å². The van der Waals surface area contributed by atoms with Crippen LogP contribution >= 0.6 is 11.6 Å². The summed E-state index contributed by atoms with van der Waals surface area (Å²) in [6, 6.07) is 5.06. The molecule has 1 aromatic rings. The SMILES string of the molecule is Cc1cc(Cl)ccc1OC(C)C(=O)O.[K]. The summed E-state index contributed by atoms with van der Waals surface area (Å²) in [7, 11) is 0. The number of hydrogen-bond donors (Lipinski definition) is 1. The Bertz CT molecular complexity index is 355. The van der Waals surface area contributed by atoms with E-state index in [9.17, 15) is 4.79 Å². The molecule has 0 aliphatic carbocycles. The summed E-state index contributed by atoms with van der Waals surface area (Å²) in [6.45, 7) is 3.30. The van der Waals surface area contributed by atoms with E-state index in [1.807, 2.05) is 6.92 Å². The van der Waals surface area contributed by atoms with Crippen LogP contribution in [-0.4, -0.2) is 68.6 Å². The van der Waals surface area contributed by atoms with Gasteiger partial charge in [-0.05, 0) is 37.6 Å². The minimum atomic E-state index is -0.987. The van der Waals surface area contributed by atoms with Crippen molar-refractivity contribution in [1.29, 1.82) is 0 Å². The molecule has 0 aliphatic rings. The third-order valence-corrected chi connectivity index (χ3v) is 2.02. The summed E-state index contributed by atoms with van der Waals surface area (Å²) < 4.78 is 5.20. The van der Waals surface area contributed by atoms with E-state index in [0.717, 1.165) is 5.56 Å². The summed E-state index contributed by atoms with van der Waals surface area (Å²) in [6.07, 6.45) is -0.852. The van der Waals surface area contributed by atoms with Gasteiger partial charge >= 0.3 is 5.97 Å². The predicted octanol–water partition coefficient (Wildman–Crippen LogP) is 2.12. The largest absolute Gasteiger partial charge is 0.479 e. The minimum absolute atomic E-state index is 0. The summed E-state index contributed by atoms with van der Waals surface area (Å²) >= 11 is 5.74. The standard InChI is InChI=1S/C10H11ClO3.K/c1-6-5-8(11)3-4-9(6)14-7(2)10(12)13;/h3-5,7H,1-2H3,(H,12,13);. The zero-order valence-electron chi connectivity index (χ0n) is 8.95. The Morgan fingerprint density at radius 1 is 1.53 bits per heavy atom. The smallest absolute Gasteiger partial charge is 0.344 e. The third kappa shape index (κ3) is 4.85. The fraction of sp³-hybridized carbons (Fsp3) is 0.300. The van der Waals surface area contributed by atoms with Crippen LogP contribution in [-0.2, 0) is 4.79 Å². The molecule has 77 valence electrons. The van der Waals surface area contributed by atoms with E-state index >= 15 is 0 Å². The Balaban J connectivity index is 0.00000196. The van der Waals surface area contributed by atoms with Crippen molar-refractivity contribution < 1.29 is 14.6 Å². The zero-order chi connectivity index (χ0) is 10.7. The first kappa shape index (κ1) is 15.4. The molecule has 0 fully saturated rings. The van der Waals surface area contributed by atoms with Gasteiger partial charge in [-0.3, -0.25) is 0 Å². The Morgan fingerprint density at radius 3 is 2.60 bits per heavy atom. The molecule has 0 aromatic heterocycles. The van der Waals surface area contributed by atoms with E-state index in [0.29, 0.717) is 10.8 Å². The van der Waals surface area contributed by atoms with E-state index in [2.05, 4.69) is 0 Å². The molecule has 0 aliphatic heterocycles. The molecule has 1 unspecified atom stereocenters. The molecule has 5 heteroatoms.